The van der Waals surface area contributed by atoms with E-state index in [1.807, 2.05) is 0 Å². The maximum absolute atomic E-state index is 5.57. The van der Waals surface area contributed by atoms with Gasteiger partial charge >= 0.3 is 0 Å². The Bertz CT molecular complexity index is 348. The number of nitrogens with one attached hydrogen (secondary N) is 1. The molecule has 1 aliphatic rings. The molecule has 0 amide bonds. The van der Waals surface area contributed by atoms with Crippen LogP contribution >= 0.6 is 12.2 Å². The summed E-state index contributed by atoms with van der Waals surface area (Å²) in [7, 11) is 0. The summed E-state index contributed by atoms with van der Waals surface area (Å²) in [4.78, 5) is 0.363. The van der Waals surface area contributed by atoms with E-state index >= 15 is 0 Å². The van der Waals surface area contributed by atoms with Crippen LogP contribution in [-0.2, 0) is 0 Å². The molecule has 0 saturated heterocycles. The summed E-state index contributed by atoms with van der Waals surface area (Å²) in [5.74, 6) is 0.713. The van der Waals surface area contributed by atoms with Gasteiger partial charge in [0.15, 0.2) is 5.82 Å². The van der Waals surface area contributed by atoms with Crippen molar-refractivity contribution < 1.29 is 0 Å². The first-order chi connectivity index (χ1) is 6.77. The van der Waals surface area contributed by atoms with Gasteiger partial charge < -0.3 is 11.1 Å². The molecule has 2 rings (SSSR count). The maximum atomic E-state index is 5.57. The molecule has 0 radical (unpaired) electrons. The molecule has 0 spiro atoms. The van der Waals surface area contributed by atoms with Crippen molar-refractivity contribution in [2.45, 2.75) is 25.3 Å². The van der Waals surface area contributed by atoms with Gasteiger partial charge in [0, 0.05) is 6.04 Å². The van der Waals surface area contributed by atoms with E-state index in [1.54, 1.807) is 12.3 Å². The number of aromatic nitrogens is 2. The van der Waals surface area contributed by atoms with Crippen molar-refractivity contribution in [3.63, 3.8) is 0 Å². The Hall–Kier alpha value is -1.23. The molecule has 1 saturated carbocycles. The fourth-order valence-electron chi connectivity index (χ4n) is 1.38. The van der Waals surface area contributed by atoms with E-state index in [-0.39, 0.29) is 0 Å². The highest BCUT2D eigenvalue weighted by atomic mass is 32.1. The highest BCUT2D eigenvalue weighted by Gasteiger charge is 2.19. The van der Waals surface area contributed by atoms with Gasteiger partial charge in [0.05, 0.1) is 11.8 Å². The SMILES string of the molecule is NC(=S)c1ccnnc1NC1CCC1. The summed E-state index contributed by atoms with van der Waals surface area (Å²) < 4.78 is 0. The van der Waals surface area contributed by atoms with Crippen molar-refractivity contribution in [3.05, 3.63) is 17.8 Å². The molecule has 1 aliphatic carbocycles. The lowest BCUT2D eigenvalue weighted by Gasteiger charge is -2.27. The van der Waals surface area contributed by atoms with Crippen LogP contribution in [0.3, 0.4) is 0 Å². The lowest BCUT2D eigenvalue weighted by molar-refractivity contribution is 0.444. The Labute approximate surface area is 87.9 Å². The number of rotatable bonds is 3. The van der Waals surface area contributed by atoms with Crippen LogP contribution in [0.5, 0.6) is 0 Å². The van der Waals surface area contributed by atoms with Crippen LogP contribution in [0.1, 0.15) is 24.8 Å². The minimum atomic E-state index is 0.363. The van der Waals surface area contributed by atoms with E-state index in [2.05, 4.69) is 15.5 Å². The summed E-state index contributed by atoms with van der Waals surface area (Å²) in [5, 5.41) is 11.1. The predicted molar refractivity (Wildman–Crippen MR) is 59.2 cm³/mol. The van der Waals surface area contributed by atoms with Crippen LogP contribution in [-0.4, -0.2) is 21.2 Å². The third-order valence-corrected chi connectivity index (χ3v) is 2.65. The first kappa shape index (κ1) is 9.33. The van der Waals surface area contributed by atoms with Crippen LogP contribution in [0.15, 0.2) is 12.3 Å². The van der Waals surface area contributed by atoms with Gasteiger partial charge in [0.2, 0.25) is 0 Å². The summed E-state index contributed by atoms with van der Waals surface area (Å²) >= 11 is 4.93. The number of hydrogen-bond acceptors (Lipinski definition) is 4. The number of thiocarbonyl (C=S) groups is 1. The maximum Gasteiger partial charge on any atom is 0.159 e. The Morgan fingerprint density at radius 3 is 2.93 bits per heavy atom. The van der Waals surface area contributed by atoms with E-state index in [9.17, 15) is 0 Å². The van der Waals surface area contributed by atoms with Crippen LogP contribution in [0.2, 0.25) is 0 Å². The van der Waals surface area contributed by atoms with Gasteiger partial charge in [-0.05, 0) is 25.3 Å². The highest BCUT2D eigenvalue weighted by molar-refractivity contribution is 7.80. The quantitative estimate of drug-likeness (QED) is 0.728. The first-order valence-corrected chi connectivity index (χ1v) is 5.06. The number of hydrogen-bond donors (Lipinski definition) is 2. The summed E-state index contributed by atoms with van der Waals surface area (Å²) in [6.07, 6.45) is 5.25. The first-order valence-electron chi connectivity index (χ1n) is 4.65. The van der Waals surface area contributed by atoms with Crippen LogP contribution < -0.4 is 11.1 Å². The molecular formula is C9H12N4S. The average molecular weight is 208 g/mol. The Balaban J connectivity index is 2.17. The van der Waals surface area contributed by atoms with Crippen molar-refractivity contribution in [1.82, 2.24) is 10.2 Å². The molecule has 0 unspecified atom stereocenters. The van der Waals surface area contributed by atoms with E-state index in [0.717, 1.165) is 5.56 Å². The van der Waals surface area contributed by atoms with Crippen LogP contribution in [0.25, 0.3) is 0 Å². The fourth-order valence-corrected chi connectivity index (χ4v) is 1.55. The molecule has 1 heterocycles. The van der Waals surface area contributed by atoms with E-state index in [4.69, 9.17) is 18.0 Å². The normalized spacial score (nSPS) is 16.0. The number of nitrogens with zero attached hydrogens (tertiary/aromatic N) is 2. The smallest absolute Gasteiger partial charge is 0.159 e. The third-order valence-electron chi connectivity index (χ3n) is 2.43. The van der Waals surface area contributed by atoms with E-state index < -0.39 is 0 Å². The molecule has 5 heteroatoms. The average Bonchev–Trinajstić information content (AvgIpc) is 2.12. The van der Waals surface area contributed by atoms with Gasteiger partial charge in [0.25, 0.3) is 0 Å². The van der Waals surface area contributed by atoms with E-state index in [0.29, 0.717) is 16.8 Å². The number of anilines is 1. The Morgan fingerprint density at radius 1 is 1.57 bits per heavy atom. The van der Waals surface area contributed by atoms with Gasteiger partial charge in [-0.1, -0.05) is 12.2 Å². The molecular weight excluding hydrogens is 196 g/mol. The highest BCUT2D eigenvalue weighted by Crippen LogP contribution is 2.23. The molecule has 1 aromatic rings. The van der Waals surface area contributed by atoms with Gasteiger partial charge in [-0.15, -0.1) is 5.10 Å². The van der Waals surface area contributed by atoms with Crippen molar-refractivity contribution in [1.29, 1.82) is 0 Å². The molecule has 1 aromatic heterocycles. The second-order valence-electron chi connectivity index (χ2n) is 3.43. The van der Waals surface area contributed by atoms with Crippen LogP contribution in [0, 0.1) is 0 Å². The molecule has 3 N–H and O–H groups in total. The van der Waals surface area contributed by atoms with Gasteiger partial charge in [-0.25, -0.2) is 0 Å². The predicted octanol–water partition coefficient (Wildman–Crippen LogP) is 1.08. The fraction of sp³-hybridized carbons (Fsp3) is 0.444. The topological polar surface area (TPSA) is 63.8 Å². The minimum absolute atomic E-state index is 0.363. The standard InChI is InChI=1S/C9H12N4S/c10-8(14)7-4-5-11-13-9(7)12-6-2-1-3-6/h4-6H,1-3H2,(H2,10,14)(H,12,13). The lowest BCUT2D eigenvalue weighted by Crippen LogP contribution is -2.29. The zero-order valence-corrected chi connectivity index (χ0v) is 8.55. The van der Waals surface area contributed by atoms with Gasteiger partial charge in [-0.3, -0.25) is 0 Å². The number of nitrogens with two attached hydrogens (primary N) is 1. The molecule has 0 bridgehead atoms. The summed E-state index contributed by atoms with van der Waals surface area (Å²) in [6, 6.07) is 2.30. The Morgan fingerprint density at radius 2 is 2.36 bits per heavy atom. The molecule has 0 aliphatic heterocycles. The zero-order valence-electron chi connectivity index (χ0n) is 7.73. The van der Waals surface area contributed by atoms with Crippen molar-refractivity contribution >= 4 is 23.0 Å². The second kappa shape index (κ2) is 3.88. The zero-order chi connectivity index (χ0) is 9.97. The van der Waals surface area contributed by atoms with Gasteiger partial charge in [-0.2, -0.15) is 5.10 Å². The Kier molecular flexibility index (Phi) is 2.58. The molecule has 4 nitrogen and oxygen atoms in total. The van der Waals surface area contributed by atoms with Crippen molar-refractivity contribution in [2.75, 3.05) is 5.32 Å². The minimum Gasteiger partial charge on any atom is -0.389 e. The lowest BCUT2D eigenvalue weighted by atomic mass is 9.93. The largest absolute Gasteiger partial charge is 0.389 e. The monoisotopic (exact) mass is 208 g/mol. The molecule has 14 heavy (non-hydrogen) atoms. The molecule has 0 atom stereocenters. The van der Waals surface area contributed by atoms with Gasteiger partial charge in [0.1, 0.15) is 4.99 Å². The second-order valence-corrected chi connectivity index (χ2v) is 3.87. The molecule has 74 valence electrons. The van der Waals surface area contributed by atoms with Crippen LogP contribution in [0.4, 0.5) is 5.82 Å². The van der Waals surface area contributed by atoms with Crippen molar-refractivity contribution in [3.8, 4) is 0 Å². The molecule has 0 aromatic carbocycles. The molecule has 1 fully saturated rings. The summed E-state index contributed by atoms with van der Waals surface area (Å²) in [5.41, 5.74) is 6.35. The van der Waals surface area contributed by atoms with E-state index in [1.165, 1.54) is 19.3 Å². The van der Waals surface area contributed by atoms with Crippen molar-refractivity contribution in [2.24, 2.45) is 5.73 Å². The summed E-state index contributed by atoms with van der Waals surface area (Å²) in [6.45, 7) is 0. The third kappa shape index (κ3) is 1.82.